The van der Waals surface area contributed by atoms with E-state index in [9.17, 15) is 0 Å². The summed E-state index contributed by atoms with van der Waals surface area (Å²) in [6.45, 7) is 0.759. The Morgan fingerprint density at radius 1 is 1.21 bits per heavy atom. The van der Waals surface area contributed by atoms with E-state index in [0.29, 0.717) is 11.6 Å². The van der Waals surface area contributed by atoms with Crippen LogP contribution in [-0.2, 0) is 13.6 Å². The molecule has 0 bridgehead atoms. The number of imidazole rings is 1. The first-order valence-corrected chi connectivity index (χ1v) is 9.16. The van der Waals surface area contributed by atoms with Gasteiger partial charge in [0.2, 0.25) is 5.95 Å². The van der Waals surface area contributed by atoms with Crippen molar-refractivity contribution in [3.63, 3.8) is 0 Å². The molecule has 0 amide bonds. The van der Waals surface area contributed by atoms with E-state index in [-0.39, 0.29) is 0 Å². The summed E-state index contributed by atoms with van der Waals surface area (Å²) in [6, 6.07) is 5.95. The Morgan fingerprint density at radius 2 is 2.10 bits per heavy atom. The Labute approximate surface area is 166 Å². The number of hydrogen-bond donors (Lipinski definition) is 2. The summed E-state index contributed by atoms with van der Waals surface area (Å²) >= 11 is 0. The molecule has 0 atom stereocenters. The van der Waals surface area contributed by atoms with E-state index >= 15 is 0 Å². The molecular weight excluding hydrogens is 368 g/mol. The Balaban J connectivity index is 1.47. The zero-order valence-corrected chi connectivity index (χ0v) is 16.3. The lowest BCUT2D eigenvalue weighted by Crippen LogP contribution is -2.11. The highest BCUT2D eigenvalue weighted by Crippen LogP contribution is 2.23. The van der Waals surface area contributed by atoms with Crippen molar-refractivity contribution in [2.24, 2.45) is 7.05 Å². The van der Waals surface area contributed by atoms with Gasteiger partial charge in [-0.05, 0) is 32.3 Å². The lowest BCUT2D eigenvalue weighted by atomic mass is 10.2. The molecule has 0 radical (unpaired) electrons. The number of rotatable bonds is 5. The van der Waals surface area contributed by atoms with Crippen molar-refractivity contribution in [1.29, 1.82) is 0 Å². The van der Waals surface area contributed by atoms with Crippen molar-refractivity contribution < 1.29 is 0 Å². The molecule has 0 aliphatic rings. The lowest BCUT2D eigenvalue weighted by Gasteiger charge is -2.05. The summed E-state index contributed by atoms with van der Waals surface area (Å²) in [6.07, 6.45) is 7.15. The highest BCUT2D eigenvalue weighted by Gasteiger charge is 2.13. The number of aromatic nitrogens is 8. The second-order valence-corrected chi connectivity index (χ2v) is 7.16. The van der Waals surface area contributed by atoms with Crippen molar-refractivity contribution in [2.75, 3.05) is 19.4 Å². The highest BCUT2D eigenvalue weighted by atomic mass is 15.4. The second kappa shape index (κ2) is 6.67. The molecule has 0 spiro atoms. The number of hydrogen-bond acceptors (Lipinski definition) is 7. The molecule has 0 unspecified atom stereocenters. The van der Waals surface area contributed by atoms with Gasteiger partial charge in [0.05, 0.1) is 23.8 Å². The molecule has 4 aromatic heterocycles. The maximum atomic E-state index is 4.63. The molecule has 0 fully saturated rings. The summed E-state index contributed by atoms with van der Waals surface area (Å²) in [5.74, 6) is 1.43. The Bertz CT molecular complexity index is 1310. The number of anilines is 2. The summed E-state index contributed by atoms with van der Waals surface area (Å²) in [5, 5.41) is 12.0. The minimum absolute atomic E-state index is 0.496. The predicted octanol–water partition coefficient (Wildman–Crippen LogP) is 2.21. The van der Waals surface area contributed by atoms with E-state index in [1.54, 1.807) is 27.8 Å². The van der Waals surface area contributed by atoms with E-state index in [1.165, 1.54) is 0 Å². The van der Waals surface area contributed by atoms with Gasteiger partial charge in [-0.1, -0.05) is 0 Å². The van der Waals surface area contributed by atoms with Gasteiger partial charge in [0.1, 0.15) is 11.5 Å². The van der Waals surface area contributed by atoms with Gasteiger partial charge >= 0.3 is 0 Å². The molecule has 0 saturated carbocycles. The van der Waals surface area contributed by atoms with Crippen LogP contribution < -0.4 is 5.32 Å². The standard InChI is InChI=1S/C19H20N10/c1-27(2)11-16-23-14-5-4-13(8-15(14)24-16)22-19-25-18-17(12-9-21-28(3)10-12)20-6-7-29(18)26-19/h4-10H,11H2,1-3H3,(H,22,26)(H,23,24). The number of fused-ring (bicyclic) bond motifs is 2. The van der Waals surface area contributed by atoms with Crippen LogP contribution in [0.4, 0.5) is 11.6 Å². The predicted molar refractivity (Wildman–Crippen MR) is 110 cm³/mol. The van der Waals surface area contributed by atoms with Crippen molar-refractivity contribution in [3.8, 4) is 11.3 Å². The van der Waals surface area contributed by atoms with Crippen LogP contribution in [-0.4, -0.2) is 58.3 Å². The first kappa shape index (κ1) is 17.3. The molecule has 10 heteroatoms. The fourth-order valence-electron chi connectivity index (χ4n) is 3.26. The van der Waals surface area contributed by atoms with Crippen LogP contribution in [0.1, 0.15) is 5.82 Å². The first-order valence-electron chi connectivity index (χ1n) is 9.16. The smallest absolute Gasteiger partial charge is 0.247 e. The van der Waals surface area contributed by atoms with Crippen LogP contribution in [0.2, 0.25) is 0 Å². The molecule has 5 aromatic rings. The number of benzene rings is 1. The SMILES string of the molecule is CN(C)Cc1nc2ccc(Nc3nc4c(-c5cnn(C)c5)nccn4n3)cc2[nH]1. The van der Waals surface area contributed by atoms with E-state index in [1.807, 2.05) is 45.5 Å². The van der Waals surface area contributed by atoms with Crippen LogP contribution in [0.15, 0.2) is 43.0 Å². The van der Waals surface area contributed by atoms with E-state index in [0.717, 1.165) is 40.3 Å². The number of nitrogens with one attached hydrogen (secondary N) is 2. The number of aromatic amines is 1. The second-order valence-electron chi connectivity index (χ2n) is 7.16. The van der Waals surface area contributed by atoms with E-state index in [4.69, 9.17) is 0 Å². The summed E-state index contributed by atoms with van der Waals surface area (Å²) in [4.78, 5) is 19.1. The zero-order valence-electron chi connectivity index (χ0n) is 16.3. The van der Waals surface area contributed by atoms with E-state index in [2.05, 4.69) is 40.3 Å². The van der Waals surface area contributed by atoms with Crippen molar-refractivity contribution in [1.82, 2.24) is 44.2 Å². The molecule has 2 N–H and O–H groups in total. The monoisotopic (exact) mass is 388 g/mol. The largest absolute Gasteiger partial charge is 0.341 e. The quantitative estimate of drug-likeness (QED) is 0.475. The topological polar surface area (TPSA) is 105 Å². The van der Waals surface area contributed by atoms with Gasteiger partial charge in [-0.3, -0.25) is 9.67 Å². The minimum Gasteiger partial charge on any atom is -0.341 e. The number of H-pyrrole nitrogens is 1. The fraction of sp³-hybridized carbons (Fsp3) is 0.211. The molecule has 5 rings (SSSR count). The zero-order chi connectivity index (χ0) is 20.0. The molecule has 29 heavy (non-hydrogen) atoms. The fourth-order valence-corrected chi connectivity index (χ4v) is 3.26. The third-order valence-electron chi connectivity index (χ3n) is 4.49. The molecule has 4 heterocycles. The normalized spacial score (nSPS) is 11.7. The lowest BCUT2D eigenvalue weighted by molar-refractivity contribution is 0.392. The Hall–Kier alpha value is -3.79. The maximum absolute atomic E-state index is 4.63. The van der Waals surface area contributed by atoms with Crippen molar-refractivity contribution in [3.05, 3.63) is 48.8 Å². The van der Waals surface area contributed by atoms with Gasteiger partial charge in [0.15, 0.2) is 5.65 Å². The van der Waals surface area contributed by atoms with Crippen LogP contribution in [0.25, 0.3) is 27.9 Å². The third kappa shape index (κ3) is 3.29. The van der Waals surface area contributed by atoms with E-state index < -0.39 is 0 Å². The van der Waals surface area contributed by atoms with Crippen molar-refractivity contribution in [2.45, 2.75) is 6.54 Å². The highest BCUT2D eigenvalue weighted by molar-refractivity contribution is 5.80. The van der Waals surface area contributed by atoms with Gasteiger partial charge in [0.25, 0.3) is 0 Å². The van der Waals surface area contributed by atoms with Crippen LogP contribution in [0.5, 0.6) is 0 Å². The van der Waals surface area contributed by atoms with Gasteiger partial charge in [-0.25, -0.2) is 9.50 Å². The van der Waals surface area contributed by atoms with Crippen LogP contribution >= 0.6 is 0 Å². The van der Waals surface area contributed by atoms with Crippen LogP contribution in [0, 0.1) is 0 Å². The average Bonchev–Trinajstić information content (AvgIpc) is 3.37. The van der Waals surface area contributed by atoms with Crippen molar-refractivity contribution >= 4 is 28.3 Å². The number of nitrogens with zero attached hydrogens (tertiary/aromatic N) is 8. The van der Waals surface area contributed by atoms with Crippen LogP contribution in [0.3, 0.4) is 0 Å². The summed E-state index contributed by atoms with van der Waals surface area (Å²) in [7, 11) is 5.91. The molecule has 0 aliphatic carbocycles. The average molecular weight is 388 g/mol. The Kier molecular flexibility index (Phi) is 3.98. The molecule has 0 saturated heterocycles. The molecule has 1 aromatic carbocycles. The molecular formula is C19H20N10. The summed E-state index contributed by atoms with van der Waals surface area (Å²) in [5.41, 5.74) is 5.07. The first-order chi connectivity index (χ1) is 14.0. The van der Waals surface area contributed by atoms with Gasteiger partial charge < -0.3 is 15.2 Å². The minimum atomic E-state index is 0.496. The van der Waals surface area contributed by atoms with Gasteiger partial charge in [-0.2, -0.15) is 10.1 Å². The molecule has 146 valence electrons. The summed E-state index contributed by atoms with van der Waals surface area (Å²) < 4.78 is 3.45. The molecule has 0 aliphatic heterocycles. The van der Waals surface area contributed by atoms with Gasteiger partial charge in [0, 0.05) is 36.9 Å². The van der Waals surface area contributed by atoms with Gasteiger partial charge in [-0.15, -0.1) is 5.10 Å². The third-order valence-corrected chi connectivity index (χ3v) is 4.49. The molecule has 10 nitrogen and oxygen atoms in total. The number of aryl methyl sites for hydroxylation is 1. The Morgan fingerprint density at radius 3 is 2.90 bits per heavy atom. The maximum Gasteiger partial charge on any atom is 0.247 e.